The van der Waals surface area contributed by atoms with Gasteiger partial charge >= 0.3 is 0 Å². The lowest BCUT2D eigenvalue weighted by Gasteiger charge is -2.37. The quantitative estimate of drug-likeness (QED) is 0.608. The highest BCUT2D eigenvalue weighted by Crippen LogP contribution is 2.38. The number of nitrogens with zero attached hydrogens (tertiary/aromatic N) is 3. The summed E-state index contributed by atoms with van der Waals surface area (Å²) in [6.07, 6.45) is 2.00. The summed E-state index contributed by atoms with van der Waals surface area (Å²) < 4.78 is 0. The molecule has 1 unspecified atom stereocenters. The predicted octanol–water partition coefficient (Wildman–Crippen LogP) is 5.23. The SMILES string of the molecule is C=CC(C)N1CCN(c2n[nH]c3cc(Cl)c(-c4ccccc4Cl)cc23)CC1. The summed E-state index contributed by atoms with van der Waals surface area (Å²) in [5.41, 5.74) is 2.80. The Balaban J connectivity index is 1.69. The Kier molecular flexibility index (Phi) is 5.13. The fourth-order valence-electron chi connectivity index (χ4n) is 3.64. The number of aromatic nitrogens is 2. The fourth-order valence-corrected chi connectivity index (χ4v) is 4.14. The molecule has 2 heterocycles. The van der Waals surface area contributed by atoms with Gasteiger partial charge in [-0.05, 0) is 25.1 Å². The van der Waals surface area contributed by atoms with Crippen molar-refractivity contribution in [1.82, 2.24) is 15.1 Å². The van der Waals surface area contributed by atoms with Crippen LogP contribution in [0.4, 0.5) is 5.82 Å². The smallest absolute Gasteiger partial charge is 0.158 e. The molecular formula is C21H22Cl2N4. The number of piperazine rings is 1. The summed E-state index contributed by atoms with van der Waals surface area (Å²) in [6, 6.07) is 12.2. The number of hydrogen-bond acceptors (Lipinski definition) is 3. The van der Waals surface area contributed by atoms with E-state index < -0.39 is 0 Å². The van der Waals surface area contributed by atoms with Crippen LogP contribution in [0.1, 0.15) is 6.92 Å². The van der Waals surface area contributed by atoms with Gasteiger partial charge in [0.05, 0.1) is 10.5 Å². The van der Waals surface area contributed by atoms with Crippen LogP contribution < -0.4 is 4.90 Å². The van der Waals surface area contributed by atoms with Gasteiger partial charge in [-0.2, -0.15) is 5.10 Å². The summed E-state index contributed by atoms with van der Waals surface area (Å²) in [4.78, 5) is 4.76. The number of H-pyrrole nitrogens is 1. The summed E-state index contributed by atoms with van der Waals surface area (Å²) in [7, 11) is 0. The molecule has 0 spiro atoms. The Morgan fingerprint density at radius 1 is 1.07 bits per heavy atom. The van der Waals surface area contributed by atoms with Gasteiger partial charge in [0.15, 0.2) is 5.82 Å². The first-order chi connectivity index (χ1) is 13.1. The topological polar surface area (TPSA) is 35.2 Å². The zero-order valence-electron chi connectivity index (χ0n) is 15.3. The first-order valence-electron chi connectivity index (χ1n) is 9.12. The van der Waals surface area contributed by atoms with Crippen molar-refractivity contribution in [2.75, 3.05) is 31.1 Å². The first-order valence-corrected chi connectivity index (χ1v) is 9.88. The van der Waals surface area contributed by atoms with Crippen LogP contribution in [0.15, 0.2) is 49.1 Å². The lowest BCUT2D eigenvalue weighted by atomic mass is 10.0. The van der Waals surface area contributed by atoms with E-state index in [1.54, 1.807) is 0 Å². The number of hydrogen-bond donors (Lipinski definition) is 1. The van der Waals surface area contributed by atoms with E-state index in [0.29, 0.717) is 16.1 Å². The summed E-state index contributed by atoms with van der Waals surface area (Å²) in [5, 5.41) is 10.1. The Morgan fingerprint density at radius 2 is 1.81 bits per heavy atom. The molecule has 1 aromatic heterocycles. The maximum Gasteiger partial charge on any atom is 0.158 e. The highest BCUT2D eigenvalue weighted by Gasteiger charge is 2.23. The molecule has 0 saturated carbocycles. The van der Waals surface area contributed by atoms with Crippen LogP contribution in [0, 0.1) is 0 Å². The van der Waals surface area contributed by atoms with Gasteiger partial charge in [-0.3, -0.25) is 10.00 Å². The van der Waals surface area contributed by atoms with E-state index in [-0.39, 0.29) is 0 Å². The van der Waals surface area contributed by atoms with E-state index in [1.165, 1.54) is 0 Å². The second kappa shape index (κ2) is 7.55. The number of benzene rings is 2. The monoisotopic (exact) mass is 400 g/mol. The molecule has 0 bridgehead atoms. The molecular weight excluding hydrogens is 379 g/mol. The molecule has 1 N–H and O–H groups in total. The molecule has 1 saturated heterocycles. The summed E-state index contributed by atoms with van der Waals surface area (Å²) >= 11 is 12.9. The molecule has 27 heavy (non-hydrogen) atoms. The number of nitrogens with one attached hydrogen (secondary N) is 1. The minimum Gasteiger partial charge on any atom is -0.352 e. The van der Waals surface area contributed by atoms with Gasteiger partial charge in [0.1, 0.15) is 0 Å². The fraction of sp³-hybridized carbons (Fsp3) is 0.286. The number of halogens is 2. The molecule has 3 aromatic rings. The molecule has 140 valence electrons. The van der Waals surface area contributed by atoms with Crippen LogP contribution in [-0.2, 0) is 0 Å². The van der Waals surface area contributed by atoms with Gasteiger partial charge in [0.2, 0.25) is 0 Å². The highest BCUT2D eigenvalue weighted by atomic mass is 35.5. The van der Waals surface area contributed by atoms with E-state index in [4.69, 9.17) is 23.2 Å². The number of anilines is 1. The molecule has 1 aliphatic rings. The molecule has 0 amide bonds. The van der Waals surface area contributed by atoms with Crippen molar-refractivity contribution < 1.29 is 0 Å². The van der Waals surface area contributed by atoms with Crippen molar-refractivity contribution in [3.05, 3.63) is 59.1 Å². The van der Waals surface area contributed by atoms with Gasteiger partial charge in [-0.15, -0.1) is 6.58 Å². The third-order valence-electron chi connectivity index (χ3n) is 5.33. The van der Waals surface area contributed by atoms with Crippen LogP contribution in [0.2, 0.25) is 10.0 Å². The molecule has 4 nitrogen and oxygen atoms in total. The van der Waals surface area contributed by atoms with Crippen LogP contribution >= 0.6 is 23.2 Å². The van der Waals surface area contributed by atoms with E-state index in [1.807, 2.05) is 36.4 Å². The molecule has 1 aliphatic heterocycles. The average molecular weight is 401 g/mol. The molecule has 6 heteroatoms. The third-order valence-corrected chi connectivity index (χ3v) is 5.97. The van der Waals surface area contributed by atoms with Crippen molar-refractivity contribution in [3.8, 4) is 11.1 Å². The van der Waals surface area contributed by atoms with Crippen LogP contribution in [-0.4, -0.2) is 47.3 Å². The van der Waals surface area contributed by atoms with E-state index in [0.717, 1.165) is 54.0 Å². The minimum absolute atomic E-state index is 0.397. The highest BCUT2D eigenvalue weighted by molar-refractivity contribution is 6.37. The van der Waals surface area contributed by atoms with Crippen molar-refractivity contribution in [2.24, 2.45) is 0 Å². The van der Waals surface area contributed by atoms with Gasteiger partial charge in [0, 0.05) is 53.8 Å². The van der Waals surface area contributed by atoms with Crippen molar-refractivity contribution in [1.29, 1.82) is 0 Å². The van der Waals surface area contributed by atoms with Crippen molar-refractivity contribution in [2.45, 2.75) is 13.0 Å². The van der Waals surface area contributed by atoms with Gasteiger partial charge in [0.25, 0.3) is 0 Å². The minimum atomic E-state index is 0.397. The molecule has 2 aromatic carbocycles. The summed E-state index contributed by atoms with van der Waals surface area (Å²) in [5.74, 6) is 0.973. The van der Waals surface area contributed by atoms with Crippen LogP contribution in [0.25, 0.3) is 22.0 Å². The second-order valence-electron chi connectivity index (χ2n) is 6.90. The zero-order chi connectivity index (χ0) is 19.0. The number of rotatable bonds is 4. The Morgan fingerprint density at radius 3 is 2.52 bits per heavy atom. The van der Waals surface area contributed by atoms with Gasteiger partial charge < -0.3 is 4.90 Å². The van der Waals surface area contributed by atoms with E-state index >= 15 is 0 Å². The maximum atomic E-state index is 6.54. The average Bonchev–Trinajstić information content (AvgIpc) is 3.10. The van der Waals surface area contributed by atoms with Crippen LogP contribution in [0.3, 0.4) is 0 Å². The van der Waals surface area contributed by atoms with E-state index in [9.17, 15) is 0 Å². The molecule has 1 atom stereocenters. The number of fused-ring (bicyclic) bond motifs is 1. The predicted molar refractivity (Wildman–Crippen MR) is 115 cm³/mol. The zero-order valence-corrected chi connectivity index (χ0v) is 16.8. The van der Waals surface area contributed by atoms with E-state index in [2.05, 4.69) is 39.6 Å². The van der Waals surface area contributed by atoms with Gasteiger partial charge in [-0.1, -0.05) is 47.5 Å². The molecule has 1 fully saturated rings. The molecule has 4 rings (SSSR count). The largest absolute Gasteiger partial charge is 0.352 e. The second-order valence-corrected chi connectivity index (χ2v) is 7.72. The molecule has 0 radical (unpaired) electrons. The third kappa shape index (κ3) is 3.45. The molecule has 0 aliphatic carbocycles. The Bertz CT molecular complexity index is 973. The lowest BCUT2D eigenvalue weighted by Crippen LogP contribution is -2.49. The normalized spacial score (nSPS) is 16.6. The Hall–Kier alpha value is -2.01. The lowest BCUT2D eigenvalue weighted by molar-refractivity contribution is 0.227. The van der Waals surface area contributed by atoms with Crippen molar-refractivity contribution in [3.63, 3.8) is 0 Å². The van der Waals surface area contributed by atoms with Gasteiger partial charge in [-0.25, -0.2) is 0 Å². The summed E-state index contributed by atoms with van der Waals surface area (Å²) in [6.45, 7) is 9.94. The maximum absolute atomic E-state index is 6.54. The number of aromatic amines is 1. The van der Waals surface area contributed by atoms with Crippen molar-refractivity contribution >= 4 is 39.9 Å². The van der Waals surface area contributed by atoms with Crippen LogP contribution in [0.5, 0.6) is 0 Å². The standard InChI is InChI=1S/C21H22Cl2N4/c1-3-14(2)26-8-10-27(11-9-26)21-17-12-16(15-6-4-5-7-18(15)22)19(23)13-20(17)24-25-21/h3-7,12-14H,1,8-11H2,2H3,(H,24,25). The first kappa shape index (κ1) is 18.4. The Labute approximate surface area is 169 Å².